The summed E-state index contributed by atoms with van der Waals surface area (Å²) < 4.78 is 8.23. The summed E-state index contributed by atoms with van der Waals surface area (Å²) >= 11 is 0. The lowest BCUT2D eigenvalue weighted by molar-refractivity contribution is 0.250. The van der Waals surface area contributed by atoms with Crippen molar-refractivity contribution in [1.29, 1.82) is 5.26 Å². The minimum atomic E-state index is -0.243. The third kappa shape index (κ3) is 4.55. The van der Waals surface area contributed by atoms with Gasteiger partial charge in [-0.3, -0.25) is 0 Å². The molecule has 2 amide bonds. The Labute approximate surface area is 203 Å². The van der Waals surface area contributed by atoms with Crippen LogP contribution in [0.5, 0.6) is 5.75 Å². The van der Waals surface area contributed by atoms with Gasteiger partial charge in [-0.1, -0.05) is 12.1 Å². The third-order valence-corrected chi connectivity index (χ3v) is 6.22. The smallest absolute Gasteiger partial charge is 0.319 e. The van der Waals surface area contributed by atoms with Crippen molar-refractivity contribution in [2.75, 3.05) is 5.32 Å². The highest BCUT2D eigenvalue weighted by atomic mass is 16.5. The number of nitrogens with one attached hydrogen (secondary N) is 3. The molecule has 1 aliphatic rings. The van der Waals surface area contributed by atoms with Gasteiger partial charge in [0, 0.05) is 29.2 Å². The number of nitrogens with zero attached hydrogens (tertiary/aromatic N) is 4. The maximum absolute atomic E-state index is 12.1. The van der Waals surface area contributed by atoms with Gasteiger partial charge in [-0.05, 0) is 62.9 Å². The van der Waals surface area contributed by atoms with Gasteiger partial charge < -0.3 is 19.9 Å². The number of urea groups is 1. The fourth-order valence-corrected chi connectivity index (χ4v) is 4.39. The molecule has 2 aromatic heterocycles. The number of aromatic nitrogens is 4. The van der Waals surface area contributed by atoms with Gasteiger partial charge in [0.25, 0.3) is 0 Å². The molecule has 0 aliphatic heterocycles. The number of fused-ring (bicyclic) bond motifs is 1. The van der Waals surface area contributed by atoms with E-state index in [1.807, 2.05) is 56.3 Å². The molecule has 0 saturated heterocycles. The minimum absolute atomic E-state index is 0.0514. The van der Waals surface area contributed by atoms with Crippen LogP contribution in [0.15, 0.2) is 48.7 Å². The summed E-state index contributed by atoms with van der Waals surface area (Å²) in [6, 6.07) is 16.1. The van der Waals surface area contributed by atoms with Gasteiger partial charge in [0.2, 0.25) is 0 Å². The molecule has 1 saturated carbocycles. The zero-order valence-electron chi connectivity index (χ0n) is 19.7. The van der Waals surface area contributed by atoms with Crippen LogP contribution in [0, 0.1) is 11.3 Å². The molecular formula is C26H27N7O2. The van der Waals surface area contributed by atoms with Gasteiger partial charge in [0.05, 0.1) is 23.0 Å². The number of rotatable bonds is 7. The summed E-state index contributed by atoms with van der Waals surface area (Å²) in [5.41, 5.74) is 4.88. The average molecular weight is 470 g/mol. The van der Waals surface area contributed by atoms with Gasteiger partial charge in [-0.2, -0.15) is 20.7 Å². The van der Waals surface area contributed by atoms with Crippen LogP contribution in [-0.2, 0) is 6.61 Å². The zero-order chi connectivity index (χ0) is 24.4. The second kappa shape index (κ2) is 9.50. The van der Waals surface area contributed by atoms with Crippen LogP contribution in [-0.4, -0.2) is 32.1 Å². The number of anilines is 1. The van der Waals surface area contributed by atoms with Crippen LogP contribution in [0.25, 0.3) is 22.2 Å². The molecule has 0 atom stereocenters. The monoisotopic (exact) mass is 469 g/mol. The number of amides is 2. The molecule has 0 spiro atoms. The van der Waals surface area contributed by atoms with Crippen molar-refractivity contribution in [2.45, 2.75) is 51.8 Å². The van der Waals surface area contributed by atoms with Gasteiger partial charge in [0.15, 0.2) is 0 Å². The predicted octanol–water partition coefficient (Wildman–Crippen LogP) is 5.13. The second-order valence-corrected chi connectivity index (χ2v) is 9.05. The molecule has 35 heavy (non-hydrogen) atoms. The highest BCUT2D eigenvalue weighted by Crippen LogP contribution is 2.43. The Morgan fingerprint density at radius 1 is 1.26 bits per heavy atom. The Bertz CT molecular complexity index is 1380. The lowest BCUT2D eigenvalue weighted by atomic mass is 9.92. The molecule has 0 bridgehead atoms. The summed E-state index contributed by atoms with van der Waals surface area (Å²) in [4.78, 5) is 12.1. The van der Waals surface area contributed by atoms with Crippen LogP contribution in [0.3, 0.4) is 0 Å². The number of hydrogen-bond donors (Lipinski definition) is 3. The van der Waals surface area contributed by atoms with Gasteiger partial charge in [-0.15, -0.1) is 0 Å². The number of H-pyrrole nitrogens is 1. The molecule has 2 heterocycles. The Hall–Kier alpha value is -4.32. The molecule has 1 aliphatic carbocycles. The van der Waals surface area contributed by atoms with Crippen LogP contribution in [0.1, 0.15) is 50.4 Å². The number of carbonyl (C=O) groups excluding carboxylic acids is 1. The first-order chi connectivity index (χ1) is 17.0. The Kier molecular flexibility index (Phi) is 6.10. The minimum Gasteiger partial charge on any atom is -0.487 e. The van der Waals surface area contributed by atoms with Gasteiger partial charge >= 0.3 is 6.03 Å². The Balaban J connectivity index is 1.51. The van der Waals surface area contributed by atoms with Crippen molar-refractivity contribution in [3.63, 3.8) is 0 Å². The molecule has 178 valence electrons. The molecule has 3 N–H and O–H groups in total. The number of nitriles is 1. The lowest BCUT2D eigenvalue weighted by Gasteiger charge is -2.30. The largest absolute Gasteiger partial charge is 0.487 e. The number of benzene rings is 2. The predicted molar refractivity (Wildman–Crippen MR) is 133 cm³/mol. The second-order valence-electron chi connectivity index (χ2n) is 9.05. The molecular weight excluding hydrogens is 442 g/mol. The van der Waals surface area contributed by atoms with Crippen LogP contribution in [0.4, 0.5) is 10.5 Å². The van der Waals surface area contributed by atoms with E-state index in [1.54, 1.807) is 6.20 Å². The molecule has 9 heteroatoms. The number of carbonyl (C=O) groups is 1. The standard InChI is InChI=1S/C26H27N7O2/c1-16(2)29-26(34)30-18-8-6-17(7-9-18)25-23(13-27)22-11-10-21(35-15-19-14-28-32-31-19)12-24(22)33(25)20-4-3-5-20/h6-12,14,16,20H,3-5,15H2,1-2H3,(H,28,31,32)(H2,29,30,34). The van der Waals surface area contributed by atoms with E-state index in [4.69, 9.17) is 4.74 Å². The quantitative estimate of drug-likeness (QED) is 0.346. The fourth-order valence-electron chi connectivity index (χ4n) is 4.39. The molecule has 0 radical (unpaired) electrons. The first-order valence-corrected chi connectivity index (χ1v) is 11.8. The highest BCUT2D eigenvalue weighted by molar-refractivity contribution is 5.96. The van der Waals surface area contributed by atoms with Crippen molar-refractivity contribution in [1.82, 2.24) is 25.3 Å². The maximum Gasteiger partial charge on any atom is 0.319 e. The summed E-state index contributed by atoms with van der Waals surface area (Å²) in [5.74, 6) is 0.713. The zero-order valence-corrected chi connectivity index (χ0v) is 19.7. The summed E-state index contributed by atoms with van der Waals surface area (Å²) in [5, 5.41) is 27.1. The van der Waals surface area contributed by atoms with Crippen molar-refractivity contribution < 1.29 is 9.53 Å². The summed E-state index contributed by atoms with van der Waals surface area (Å²) in [6.07, 6.45) is 4.94. The molecule has 5 rings (SSSR count). The normalized spacial score (nSPS) is 13.4. The highest BCUT2D eigenvalue weighted by Gasteiger charge is 2.28. The SMILES string of the molecule is CC(C)NC(=O)Nc1ccc(-c2c(C#N)c3ccc(OCc4cn[nH]n4)cc3n2C2CCC2)cc1. The number of aromatic amines is 1. The lowest BCUT2D eigenvalue weighted by Crippen LogP contribution is -2.34. The number of ether oxygens (including phenoxy) is 1. The van der Waals surface area contributed by atoms with Crippen molar-refractivity contribution in [3.05, 3.63) is 59.9 Å². The Morgan fingerprint density at radius 3 is 2.69 bits per heavy atom. The van der Waals surface area contributed by atoms with E-state index in [0.717, 1.165) is 35.0 Å². The van der Waals surface area contributed by atoms with E-state index in [1.165, 1.54) is 6.42 Å². The first kappa shape index (κ1) is 22.5. The van der Waals surface area contributed by atoms with E-state index in [9.17, 15) is 10.1 Å². The van der Waals surface area contributed by atoms with E-state index in [-0.39, 0.29) is 12.1 Å². The van der Waals surface area contributed by atoms with E-state index >= 15 is 0 Å². The van der Waals surface area contributed by atoms with Gasteiger partial charge in [0.1, 0.15) is 24.1 Å². The van der Waals surface area contributed by atoms with Crippen LogP contribution < -0.4 is 15.4 Å². The van der Waals surface area contributed by atoms with Crippen molar-refractivity contribution >= 4 is 22.6 Å². The molecule has 4 aromatic rings. The third-order valence-electron chi connectivity index (χ3n) is 6.22. The molecule has 1 fully saturated rings. The molecule has 0 unspecified atom stereocenters. The fraction of sp³-hybridized carbons (Fsp3) is 0.308. The van der Waals surface area contributed by atoms with Crippen molar-refractivity contribution in [2.24, 2.45) is 0 Å². The average Bonchev–Trinajstić information content (AvgIpc) is 3.43. The van der Waals surface area contributed by atoms with Crippen LogP contribution >= 0.6 is 0 Å². The van der Waals surface area contributed by atoms with E-state index < -0.39 is 0 Å². The van der Waals surface area contributed by atoms with E-state index in [0.29, 0.717) is 35.3 Å². The van der Waals surface area contributed by atoms with Crippen LogP contribution in [0.2, 0.25) is 0 Å². The topological polar surface area (TPSA) is 121 Å². The molecule has 9 nitrogen and oxygen atoms in total. The number of hydrogen-bond acceptors (Lipinski definition) is 5. The van der Waals surface area contributed by atoms with Gasteiger partial charge in [-0.25, -0.2) is 4.79 Å². The summed E-state index contributed by atoms with van der Waals surface area (Å²) in [7, 11) is 0. The van der Waals surface area contributed by atoms with E-state index in [2.05, 4.69) is 36.7 Å². The molecule has 2 aromatic carbocycles. The van der Waals surface area contributed by atoms with Crippen molar-refractivity contribution in [3.8, 4) is 23.1 Å². The first-order valence-electron chi connectivity index (χ1n) is 11.8. The maximum atomic E-state index is 12.1. The summed E-state index contributed by atoms with van der Waals surface area (Å²) in [6.45, 7) is 4.13. The Morgan fingerprint density at radius 2 is 2.06 bits per heavy atom.